The molecule has 1 aliphatic heterocycles. The van der Waals surface area contributed by atoms with E-state index in [1.165, 1.54) is 24.9 Å². The van der Waals surface area contributed by atoms with Gasteiger partial charge in [-0.1, -0.05) is 22.0 Å². The summed E-state index contributed by atoms with van der Waals surface area (Å²) in [6.45, 7) is 4.49. The van der Waals surface area contributed by atoms with Crippen LogP contribution in [0.4, 0.5) is 5.69 Å². The van der Waals surface area contributed by atoms with E-state index in [0.717, 1.165) is 16.7 Å². The second-order valence-corrected chi connectivity index (χ2v) is 5.22. The largest absolute Gasteiger partial charge is 0.398 e. The van der Waals surface area contributed by atoms with Crippen LogP contribution in [0, 0.1) is 0 Å². The molecule has 0 aliphatic carbocycles. The van der Waals surface area contributed by atoms with Crippen LogP contribution < -0.4 is 5.73 Å². The molecule has 1 unspecified atom stereocenters. The zero-order valence-electron chi connectivity index (χ0n) is 9.04. The molecule has 1 saturated heterocycles. The molecular weight excluding hydrogens is 252 g/mol. The summed E-state index contributed by atoms with van der Waals surface area (Å²) in [6.07, 6.45) is 2.63. The summed E-state index contributed by atoms with van der Waals surface area (Å²) in [5.41, 5.74) is 8.12. The highest BCUT2D eigenvalue weighted by Gasteiger charge is 2.20. The molecule has 2 rings (SSSR count). The molecule has 0 bridgehead atoms. The average Bonchev–Trinajstić information content (AvgIpc) is 2.57. The van der Waals surface area contributed by atoms with Gasteiger partial charge < -0.3 is 5.73 Å². The minimum Gasteiger partial charge on any atom is -0.398 e. The molecule has 3 heteroatoms. The second kappa shape index (κ2) is 4.54. The topological polar surface area (TPSA) is 29.3 Å². The minimum atomic E-state index is 0.702. The molecule has 0 aromatic heterocycles. The SMILES string of the molecule is CC1CCCN1Cc1ccc(Br)cc1N. The maximum absolute atomic E-state index is 5.99. The standard InChI is InChI=1S/C12H17BrN2/c1-9-3-2-6-15(9)8-10-4-5-11(13)7-12(10)14/h4-5,7,9H,2-3,6,8,14H2,1H3. The lowest BCUT2D eigenvalue weighted by Gasteiger charge is -2.21. The Morgan fingerprint density at radius 3 is 2.93 bits per heavy atom. The molecule has 1 aliphatic rings. The van der Waals surface area contributed by atoms with Crippen LogP contribution in [0.15, 0.2) is 22.7 Å². The van der Waals surface area contributed by atoms with Crippen molar-refractivity contribution in [2.24, 2.45) is 0 Å². The van der Waals surface area contributed by atoms with E-state index in [-0.39, 0.29) is 0 Å². The van der Waals surface area contributed by atoms with Gasteiger partial charge in [-0.25, -0.2) is 0 Å². The van der Waals surface area contributed by atoms with E-state index in [2.05, 4.69) is 39.9 Å². The lowest BCUT2D eigenvalue weighted by atomic mass is 10.1. The quantitative estimate of drug-likeness (QED) is 0.836. The van der Waals surface area contributed by atoms with E-state index >= 15 is 0 Å². The highest BCUT2D eigenvalue weighted by Crippen LogP contribution is 2.24. The Balaban J connectivity index is 2.10. The normalized spacial score (nSPS) is 22.1. The molecule has 0 spiro atoms. The van der Waals surface area contributed by atoms with E-state index in [1.54, 1.807) is 0 Å². The second-order valence-electron chi connectivity index (χ2n) is 4.30. The van der Waals surface area contributed by atoms with Gasteiger partial charge in [-0.2, -0.15) is 0 Å². The minimum absolute atomic E-state index is 0.702. The van der Waals surface area contributed by atoms with Crippen LogP contribution in [0.3, 0.4) is 0 Å². The highest BCUT2D eigenvalue weighted by molar-refractivity contribution is 9.10. The third-order valence-electron chi connectivity index (χ3n) is 3.17. The number of halogens is 1. The zero-order chi connectivity index (χ0) is 10.8. The van der Waals surface area contributed by atoms with Gasteiger partial charge in [-0.3, -0.25) is 4.90 Å². The molecule has 1 heterocycles. The van der Waals surface area contributed by atoms with E-state index in [9.17, 15) is 0 Å². The number of nitrogens with zero attached hydrogens (tertiary/aromatic N) is 1. The molecule has 0 radical (unpaired) electrons. The fourth-order valence-corrected chi connectivity index (χ4v) is 2.54. The number of nitrogens with two attached hydrogens (primary N) is 1. The lowest BCUT2D eigenvalue weighted by Crippen LogP contribution is -2.26. The number of rotatable bonds is 2. The average molecular weight is 269 g/mol. The van der Waals surface area contributed by atoms with Crippen molar-refractivity contribution < 1.29 is 0 Å². The summed E-state index contributed by atoms with van der Waals surface area (Å²) >= 11 is 3.43. The Labute approximate surface area is 99.6 Å². The molecule has 0 amide bonds. The fourth-order valence-electron chi connectivity index (χ4n) is 2.16. The van der Waals surface area contributed by atoms with E-state index in [1.807, 2.05) is 6.07 Å². The van der Waals surface area contributed by atoms with Gasteiger partial charge >= 0.3 is 0 Å². The number of benzene rings is 1. The number of nitrogen functional groups attached to an aromatic ring is 1. The molecule has 15 heavy (non-hydrogen) atoms. The monoisotopic (exact) mass is 268 g/mol. The molecular formula is C12H17BrN2. The summed E-state index contributed by atoms with van der Waals surface area (Å²) in [5.74, 6) is 0. The Hall–Kier alpha value is -0.540. The summed E-state index contributed by atoms with van der Waals surface area (Å²) < 4.78 is 1.05. The van der Waals surface area contributed by atoms with Gasteiger partial charge in [0.1, 0.15) is 0 Å². The predicted octanol–water partition coefficient (Wildman–Crippen LogP) is 3.02. The molecule has 82 valence electrons. The van der Waals surface area contributed by atoms with Gasteiger partial charge in [0.2, 0.25) is 0 Å². The first kappa shape index (κ1) is 11.0. The van der Waals surface area contributed by atoms with Crippen molar-refractivity contribution in [1.29, 1.82) is 0 Å². The zero-order valence-corrected chi connectivity index (χ0v) is 10.6. The van der Waals surface area contributed by atoms with Crippen LogP contribution in [0.2, 0.25) is 0 Å². The van der Waals surface area contributed by atoms with Crippen molar-refractivity contribution in [3.63, 3.8) is 0 Å². The van der Waals surface area contributed by atoms with Gasteiger partial charge in [0, 0.05) is 22.7 Å². The number of anilines is 1. The fraction of sp³-hybridized carbons (Fsp3) is 0.500. The first-order chi connectivity index (χ1) is 7.16. The van der Waals surface area contributed by atoms with Gasteiger partial charge in [0.15, 0.2) is 0 Å². The van der Waals surface area contributed by atoms with Crippen LogP contribution in [-0.2, 0) is 6.54 Å². The van der Waals surface area contributed by atoms with Crippen molar-refractivity contribution in [1.82, 2.24) is 4.90 Å². The Bertz CT molecular complexity index is 351. The van der Waals surface area contributed by atoms with Crippen molar-refractivity contribution in [2.45, 2.75) is 32.4 Å². The summed E-state index contributed by atoms with van der Waals surface area (Å²) in [4.78, 5) is 2.50. The highest BCUT2D eigenvalue weighted by atomic mass is 79.9. The lowest BCUT2D eigenvalue weighted by molar-refractivity contribution is 0.261. The molecule has 2 N–H and O–H groups in total. The van der Waals surface area contributed by atoms with Crippen LogP contribution in [0.25, 0.3) is 0 Å². The van der Waals surface area contributed by atoms with Crippen LogP contribution in [-0.4, -0.2) is 17.5 Å². The smallest absolute Gasteiger partial charge is 0.0371 e. The maximum Gasteiger partial charge on any atom is 0.0371 e. The summed E-state index contributed by atoms with van der Waals surface area (Å²) in [7, 11) is 0. The van der Waals surface area contributed by atoms with Crippen molar-refractivity contribution in [2.75, 3.05) is 12.3 Å². The maximum atomic E-state index is 5.99. The molecule has 1 aromatic rings. The van der Waals surface area contributed by atoms with Gasteiger partial charge in [0.05, 0.1) is 0 Å². The van der Waals surface area contributed by atoms with E-state index in [4.69, 9.17) is 5.73 Å². The Morgan fingerprint density at radius 2 is 2.33 bits per heavy atom. The summed E-state index contributed by atoms with van der Waals surface area (Å²) in [6, 6.07) is 6.86. The molecule has 2 nitrogen and oxygen atoms in total. The Kier molecular flexibility index (Phi) is 3.32. The van der Waals surface area contributed by atoms with Gasteiger partial charge in [-0.05, 0) is 44.0 Å². The van der Waals surface area contributed by atoms with Crippen LogP contribution >= 0.6 is 15.9 Å². The number of likely N-dealkylation sites (tertiary alicyclic amines) is 1. The predicted molar refractivity (Wildman–Crippen MR) is 67.7 cm³/mol. The molecule has 1 aromatic carbocycles. The first-order valence-electron chi connectivity index (χ1n) is 5.45. The first-order valence-corrected chi connectivity index (χ1v) is 6.24. The van der Waals surface area contributed by atoms with Crippen molar-refractivity contribution >= 4 is 21.6 Å². The molecule has 0 saturated carbocycles. The van der Waals surface area contributed by atoms with Crippen LogP contribution in [0.1, 0.15) is 25.3 Å². The van der Waals surface area contributed by atoms with Crippen LogP contribution in [0.5, 0.6) is 0 Å². The van der Waals surface area contributed by atoms with Crippen molar-refractivity contribution in [3.8, 4) is 0 Å². The third-order valence-corrected chi connectivity index (χ3v) is 3.67. The Morgan fingerprint density at radius 1 is 1.53 bits per heavy atom. The number of hydrogen-bond donors (Lipinski definition) is 1. The molecule has 1 fully saturated rings. The van der Waals surface area contributed by atoms with Gasteiger partial charge in [-0.15, -0.1) is 0 Å². The molecule has 1 atom stereocenters. The third kappa shape index (κ3) is 2.52. The van der Waals surface area contributed by atoms with E-state index in [0.29, 0.717) is 6.04 Å². The number of hydrogen-bond acceptors (Lipinski definition) is 2. The van der Waals surface area contributed by atoms with Gasteiger partial charge in [0.25, 0.3) is 0 Å². The van der Waals surface area contributed by atoms with E-state index < -0.39 is 0 Å². The van der Waals surface area contributed by atoms with Crippen molar-refractivity contribution in [3.05, 3.63) is 28.2 Å². The summed E-state index contributed by atoms with van der Waals surface area (Å²) in [5, 5.41) is 0.